The molecule has 0 saturated heterocycles. The predicted octanol–water partition coefficient (Wildman–Crippen LogP) is -2.82. The fourth-order valence-corrected chi connectivity index (χ4v) is 1.48. The summed E-state index contributed by atoms with van der Waals surface area (Å²) in [5.41, 5.74) is 2.69. The Morgan fingerprint density at radius 3 is 2.29 bits per heavy atom. The van der Waals surface area contributed by atoms with Gasteiger partial charge in [-0.3, -0.25) is 0 Å². The monoisotopic (exact) mass is 303 g/mol. The van der Waals surface area contributed by atoms with Crippen molar-refractivity contribution in [2.45, 2.75) is 13.8 Å². The average molecular weight is 305 g/mol. The van der Waals surface area contributed by atoms with Crippen molar-refractivity contribution >= 4 is 10.8 Å². The van der Waals surface area contributed by atoms with E-state index in [9.17, 15) is 0 Å². The van der Waals surface area contributed by atoms with Crippen molar-refractivity contribution < 1.29 is 51.0 Å². The maximum Gasteiger partial charge on any atom is 3.00 e. The van der Waals surface area contributed by atoms with E-state index in [4.69, 9.17) is 0 Å². The Morgan fingerprint density at radius 2 is 1.64 bits per heavy atom. The van der Waals surface area contributed by atoms with Gasteiger partial charge in [0.1, 0.15) is 0 Å². The van der Waals surface area contributed by atoms with Crippen LogP contribution in [0.2, 0.25) is 0 Å². The van der Waals surface area contributed by atoms with E-state index >= 15 is 0 Å². The van der Waals surface area contributed by atoms with Gasteiger partial charge >= 0.3 is 26.2 Å². The minimum atomic E-state index is 0. The topological polar surface area (TPSA) is 0 Å². The largest absolute Gasteiger partial charge is 3.00 e. The molecule has 0 spiro atoms. The van der Waals surface area contributed by atoms with E-state index < -0.39 is 0 Å². The Bertz CT molecular complexity index is 393. The Hall–Kier alpha value is 0.293. The first-order valence-corrected chi connectivity index (χ1v) is 3.89. The number of rotatable bonds is 0. The van der Waals surface area contributed by atoms with E-state index in [1.54, 1.807) is 0 Å². The zero-order valence-electron chi connectivity index (χ0n) is 8.14. The summed E-state index contributed by atoms with van der Waals surface area (Å²) in [5, 5.41) is 2.72. The first kappa shape index (κ1) is 16.7. The maximum absolute atomic E-state index is 2.22. The van der Waals surface area contributed by atoms with Crippen molar-refractivity contribution in [3.63, 3.8) is 0 Å². The first-order valence-electron chi connectivity index (χ1n) is 3.89. The molecular weight excluding hydrogens is 294 g/mol. The SMILES string of the molecule is Cc1ccc2[cH-]c(C)cc2c1.[Cl-].[Cl-].[Zr+3]. The van der Waals surface area contributed by atoms with Gasteiger partial charge in [0.15, 0.2) is 0 Å². The summed E-state index contributed by atoms with van der Waals surface area (Å²) in [6, 6.07) is 11.0. The van der Waals surface area contributed by atoms with Crippen LogP contribution >= 0.6 is 0 Å². The standard InChI is InChI=1S/C11H11.2ClH.Zr/c1-8-3-4-10-6-9(2)7-11(10)5-8;;;/h3-7H,1-2H3;2*1H;/q-1;;;+3/p-2. The quantitative estimate of drug-likeness (QED) is 0.461. The molecule has 2 aromatic carbocycles. The number of aryl methyl sites for hydroxylation is 2. The molecule has 0 aliphatic carbocycles. The molecule has 73 valence electrons. The van der Waals surface area contributed by atoms with Crippen molar-refractivity contribution in [2.75, 3.05) is 0 Å². The minimum Gasteiger partial charge on any atom is -1.00 e. The fourth-order valence-electron chi connectivity index (χ4n) is 1.48. The van der Waals surface area contributed by atoms with Crippen LogP contribution in [0.1, 0.15) is 11.1 Å². The smallest absolute Gasteiger partial charge is 1.00 e. The third-order valence-corrected chi connectivity index (χ3v) is 2.01. The fraction of sp³-hybridized carbons (Fsp3) is 0.182. The molecule has 2 rings (SSSR count). The zero-order valence-corrected chi connectivity index (χ0v) is 12.1. The Morgan fingerprint density at radius 1 is 1.00 bits per heavy atom. The molecule has 3 heteroatoms. The molecule has 0 heterocycles. The van der Waals surface area contributed by atoms with Crippen molar-refractivity contribution in [3.05, 3.63) is 41.5 Å². The number of fused-ring (bicyclic) bond motifs is 1. The second-order valence-electron chi connectivity index (χ2n) is 3.17. The summed E-state index contributed by atoms with van der Waals surface area (Å²) in [4.78, 5) is 0. The van der Waals surface area contributed by atoms with Gasteiger partial charge in [-0.2, -0.15) is 6.07 Å². The van der Waals surface area contributed by atoms with Gasteiger partial charge in [-0.15, -0.1) is 40.6 Å². The van der Waals surface area contributed by atoms with E-state index in [1.165, 1.54) is 21.9 Å². The van der Waals surface area contributed by atoms with Crippen molar-refractivity contribution in [1.29, 1.82) is 0 Å². The zero-order chi connectivity index (χ0) is 7.84. The summed E-state index contributed by atoms with van der Waals surface area (Å²) in [5.74, 6) is 0. The molecule has 2 aromatic rings. The molecule has 0 amide bonds. The summed E-state index contributed by atoms with van der Waals surface area (Å²) >= 11 is 0. The number of hydrogen-bond donors (Lipinski definition) is 0. The molecule has 0 bridgehead atoms. The summed E-state index contributed by atoms with van der Waals surface area (Å²) in [6.07, 6.45) is 0. The van der Waals surface area contributed by atoms with Gasteiger partial charge in [0.25, 0.3) is 0 Å². The van der Waals surface area contributed by atoms with Gasteiger partial charge in [-0.25, -0.2) is 0 Å². The minimum absolute atomic E-state index is 0. The van der Waals surface area contributed by atoms with Crippen LogP contribution in [0.25, 0.3) is 10.8 Å². The van der Waals surface area contributed by atoms with Crippen molar-refractivity contribution in [1.82, 2.24) is 0 Å². The van der Waals surface area contributed by atoms with Crippen molar-refractivity contribution in [3.8, 4) is 0 Å². The van der Waals surface area contributed by atoms with Gasteiger partial charge in [-0.05, 0) is 6.92 Å². The van der Waals surface area contributed by atoms with E-state index in [0.717, 1.165) is 0 Å². The van der Waals surface area contributed by atoms with Crippen LogP contribution in [0.4, 0.5) is 0 Å². The molecule has 0 unspecified atom stereocenters. The number of hydrogen-bond acceptors (Lipinski definition) is 0. The third kappa shape index (κ3) is 3.46. The van der Waals surface area contributed by atoms with Crippen LogP contribution in [-0.2, 0) is 26.2 Å². The van der Waals surface area contributed by atoms with Gasteiger partial charge in [0.2, 0.25) is 0 Å². The summed E-state index contributed by atoms with van der Waals surface area (Å²) < 4.78 is 0. The van der Waals surface area contributed by atoms with E-state index in [0.29, 0.717) is 0 Å². The number of benzene rings is 1. The van der Waals surface area contributed by atoms with Gasteiger partial charge in [0, 0.05) is 0 Å². The maximum atomic E-state index is 2.22. The second-order valence-corrected chi connectivity index (χ2v) is 3.17. The first-order chi connectivity index (χ1) is 5.25. The van der Waals surface area contributed by atoms with E-state index in [1.807, 2.05) is 0 Å². The summed E-state index contributed by atoms with van der Waals surface area (Å²) in [6.45, 7) is 4.26. The van der Waals surface area contributed by atoms with Gasteiger partial charge in [0.05, 0.1) is 0 Å². The Kier molecular flexibility index (Phi) is 8.02. The molecule has 1 radical (unpaired) electrons. The van der Waals surface area contributed by atoms with Crippen LogP contribution in [0, 0.1) is 13.8 Å². The summed E-state index contributed by atoms with van der Waals surface area (Å²) in [7, 11) is 0. The molecule has 0 aliphatic rings. The molecule has 0 atom stereocenters. The van der Waals surface area contributed by atoms with Gasteiger partial charge < -0.3 is 24.8 Å². The Balaban J connectivity index is 0. The molecule has 0 fully saturated rings. The Labute approximate surface area is 116 Å². The van der Waals surface area contributed by atoms with Crippen LogP contribution in [-0.4, -0.2) is 0 Å². The molecule has 0 aromatic heterocycles. The van der Waals surface area contributed by atoms with Gasteiger partial charge in [-0.1, -0.05) is 12.5 Å². The molecule has 0 nitrogen and oxygen atoms in total. The molecule has 0 aliphatic heterocycles. The third-order valence-electron chi connectivity index (χ3n) is 2.01. The second kappa shape index (κ2) is 6.72. The van der Waals surface area contributed by atoms with Crippen LogP contribution < -0.4 is 24.8 Å². The predicted molar refractivity (Wildman–Crippen MR) is 49.0 cm³/mol. The average Bonchev–Trinajstić information content (AvgIpc) is 2.27. The number of halogens is 2. The normalized spacial score (nSPS) is 8.43. The molecule has 14 heavy (non-hydrogen) atoms. The van der Waals surface area contributed by atoms with E-state index in [2.05, 4.69) is 44.2 Å². The van der Waals surface area contributed by atoms with Crippen LogP contribution in [0.15, 0.2) is 30.3 Å². The van der Waals surface area contributed by atoms with Crippen LogP contribution in [0.3, 0.4) is 0 Å². The molecular formula is C11H11Cl2Zr. The van der Waals surface area contributed by atoms with Crippen molar-refractivity contribution in [2.24, 2.45) is 0 Å². The molecule has 0 N–H and O–H groups in total. The van der Waals surface area contributed by atoms with E-state index in [-0.39, 0.29) is 51.0 Å². The molecule has 0 saturated carbocycles. The van der Waals surface area contributed by atoms with Crippen LogP contribution in [0.5, 0.6) is 0 Å².